The molecule has 0 aromatic heterocycles. The molecule has 1 aliphatic rings. The lowest BCUT2D eigenvalue weighted by Gasteiger charge is -1.99. The van der Waals surface area contributed by atoms with Crippen molar-refractivity contribution in [3.05, 3.63) is 0 Å². The van der Waals surface area contributed by atoms with Gasteiger partial charge in [-0.25, -0.2) is 0 Å². The molecule has 0 unspecified atom stereocenters. The fourth-order valence-electron chi connectivity index (χ4n) is 1.14. The van der Waals surface area contributed by atoms with E-state index in [1.807, 2.05) is 0 Å². The molecule has 0 bridgehead atoms. The number of hydrogen-bond acceptors (Lipinski definition) is 2. The molecule has 1 saturated carbocycles. The van der Waals surface area contributed by atoms with E-state index >= 15 is 0 Å². The molecule has 0 spiro atoms. The maximum atomic E-state index is 10.7. The van der Waals surface area contributed by atoms with E-state index in [1.165, 1.54) is 0 Å². The summed E-state index contributed by atoms with van der Waals surface area (Å²) in [6, 6.07) is 0. The van der Waals surface area contributed by atoms with E-state index < -0.39 is 0 Å². The van der Waals surface area contributed by atoms with Crippen LogP contribution in [0, 0.1) is 5.92 Å². The largest absolute Gasteiger partial charge is 0.330 e. The molecule has 1 rings (SSSR count). The summed E-state index contributed by atoms with van der Waals surface area (Å²) >= 11 is 0. The van der Waals surface area contributed by atoms with Crippen molar-refractivity contribution in [3.63, 3.8) is 0 Å². The van der Waals surface area contributed by atoms with Crippen LogP contribution < -0.4 is 5.73 Å². The Balaban J connectivity index is 2.42. The van der Waals surface area contributed by atoms with Crippen LogP contribution in [0.4, 0.5) is 0 Å². The van der Waals surface area contributed by atoms with Gasteiger partial charge >= 0.3 is 0 Å². The molecular formula is C6H11NO. The molecule has 0 aromatic carbocycles. The Morgan fingerprint density at radius 3 is 2.75 bits per heavy atom. The smallest absolute Gasteiger partial charge is 0.137 e. The Labute approximate surface area is 49.1 Å². The van der Waals surface area contributed by atoms with Gasteiger partial charge in [0, 0.05) is 18.9 Å². The number of ketones is 1. The van der Waals surface area contributed by atoms with E-state index in [4.69, 9.17) is 5.73 Å². The fraction of sp³-hybridized carbons (Fsp3) is 0.833. The Hall–Kier alpha value is -0.370. The fourth-order valence-corrected chi connectivity index (χ4v) is 1.14. The molecule has 0 saturated heterocycles. The number of Topliss-reactive ketones (excluding diaryl/α,β-unsaturated/α-hetero) is 1. The van der Waals surface area contributed by atoms with E-state index in [9.17, 15) is 4.79 Å². The number of carbonyl (C=O) groups is 1. The van der Waals surface area contributed by atoms with Crippen LogP contribution in [0.15, 0.2) is 0 Å². The molecule has 2 N–H and O–H groups in total. The van der Waals surface area contributed by atoms with Gasteiger partial charge in [0.15, 0.2) is 0 Å². The van der Waals surface area contributed by atoms with Crippen LogP contribution >= 0.6 is 0 Å². The van der Waals surface area contributed by atoms with E-state index in [2.05, 4.69) is 0 Å². The lowest BCUT2D eigenvalue weighted by molar-refractivity contribution is -0.120. The molecule has 2 nitrogen and oxygen atoms in total. The van der Waals surface area contributed by atoms with Crippen molar-refractivity contribution >= 4 is 5.78 Å². The summed E-state index contributed by atoms with van der Waals surface area (Å²) in [4.78, 5) is 10.7. The molecule has 0 aliphatic heterocycles. The van der Waals surface area contributed by atoms with Crippen molar-refractivity contribution in [1.82, 2.24) is 0 Å². The van der Waals surface area contributed by atoms with Crippen molar-refractivity contribution in [3.8, 4) is 0 Å². The second-order valence-electron chi connectivity index (χ2n) is 2.29. The summed E-state index contributed by atoms with van der Waals surface area (Å²) in [5.74, 6) is 0.572. The van der Waals surface area contributed by atoms with Gasteiger partial charge in [-0.3, -0.25) is 4.79 Å². The lowest BCUT2D eigenvalue weighted by atomic mass is 10.1. The zero-order valence-corrected chi connectivity index (χ0v) is 4.89. The van der Waals surface area contributed by atoms with Crippen LogP contribution in [0.3, 0.4) is 0 Å². The zero-order valence-electron chi connectivity index (χ0n) is 4.89. The second-order valence-corrected chi connectivity index (χ2v) is 2.29. The van der Waals surface area contributed by atoms with Crippen LogP contribution in [-0.4, -0.2) is 12.3 Å². The molecule has 1 fully saturated rings. The molecule has 1 atom stereocenters. The highest BCUT2D eigenvalue weighted by Crippen LogP contribution is 2.19. The quantitative estimate of drug-likeness (QED) is 0.532. The monoisotopic (exact) mass is 113 g/mol. The molecular weight excluding hydrogens is 102 g/mol. The summed E-state index contributed by atoms with van der Waals surface area (Å²) in [7, 11) is 0. The third-order valence-electron chi connectivity index (χ3n) is 1.72. The standard InChI is InChI=1S/C6H11NO/c7-4-5-2-1-3-6(5)8/h5H,1-4,7H2/t5-/m0/s1. The second kappa shape index (κ2) is 2.27. The Bertz CT molecular complexity index is 101. The number of carbonyl (C=O) groups excluding carboxylic acids is 1. The molecule has 0 radical (unpaired) electrons. The Morgan fingerprint density at radius 1 is 1.75 bits per heavy atom. The molecule has 8 heavy (non-hydrogen) atoms. The highest BCUT2D eigenvalue weighted by atomic mass is 16.1. The van der Waals surface area contributed by atoms with Crippen LogP contribution in [0.25, 0.3) is 0 Å². The molecule has 46 valence electrons. The topological polar surface area (TPSA) is 43.1 Å². The SMILES string of the molecule is NC[C@@H]1CCCC1=O. The normalized spacial score (nSPS) is 29.1. The molecule has 0 heterocycles. The summed E-state index contributed by atoms with van der Waals surface area (Å²) in [5.41, 5.74) is 5.30. The number of rotatable bonds is 1. The summed E-state index contributed by atoms with van der Waals surface area (Å²) in [6.07, 6.45) is 2.85. The minimum atomic E-state index is 0.204. The summed E-state index contributed by atoms with van der Waals surface area (Å²) in [6.45, 7) is 0.554. The predicted octanol–water partition coefficient (Wildman–Crippen LogP) is 0.314. The lowest BCUT2D eigenvalue weighted by Crippen LogP contribution is -2.17. The van der Waals surface area contributed by atoms with Crippen molar-refractivity contribution in [2.24, 2.45) is 11.7 Å². The van der Waals surface area contributed by atoms with Crippen molar-refractivity contribution in [1.29, 1.82) is 0 Å². The first kappa shape index (κ1) is 5.76. The molecule has 0 amide bonds. The summed E-state index contributed by atoms with van der Waals surface area (Å²) in [5, 5.41) is 0. The van der Waals surface area contributed by atoms with Crippen molar-refractivity contribution in [2.75, 3.05) is 6.54 Å². The zero-order chi connectivity index (χ0) is 5.98. The van der Waals surface area contributed by atoms with Gasteiger partial charge in [0.2, 0.25) is 0 Å². The van der Waals surface area contributed by atoms with Gasteiger partial charge in [0.25, 0.3) is 0 Å². The third kappa shape index (κ3) is 0.892. The maximum absolute atomic E-state index is 10.7. The van der Waals surface area contributed by atoms with Gasteiger partial charge in [0.05, 0.1) is 0 Å². The Kier molecular flexibility index (Phi) is 1.63. The minimum Gasteiger partial charge on any atom is -0.330 e. The molecule has 1 aliphatic carbocycles. The number of hydrogen-bond donors (Lipinski definition) is 1. The first-order chi connectivity index (χ1) is 3.84. The molecule has 2 heteroatoms. The minimum absolute atomic E-state index is 0.204. The van der Waals surface area contributed by atoms with Gasteiger partial charge in [-0.05, 0) is 12.8 Å². The number of nitrogens with two attached hydrogens (primary N) is 1. The van der Waals surface area contributed by atoms with E-state index in [1.54, 1.807) is 0 Å². The van der Waals surface area contributed by atoms with E-state index in [0.717, 1.165) is 19.3 Å². The predicted molar refractivity (Wildman–Crippen MR) is 31.4 cm³/mol. The van der Waals surface area contributed by atoms with Crippen LogP contribution in [0.2, 0.25) is 0 Å². The van der Waals surface area contributed by atoms with Crippen LogP contribution in [-0.2, 0) is 4.79 Å². The van der Waals surface area contributed by atoms with Crippen molar-refractivity contribution < 1.29 is 4.79 Å². The average Bonchev–Trinajstić information content (AvgIpc) is 2.14. The first-order valence-corrected chi connectivity index (χ1v) is 3.07. The average molecular weight is 113 g/mol. The van der Waals surface area contributed by atoms with Gasteiger partial charge in [-0.2, -0.15) is 0 Å². The Morgan fingerprint density at radius 2 is 2.50 bits per heavy atom. The maximum Gasteiger partial charge on any atom is 0.137 e. The van der Waals surface area contributed by atoms with Crippen LogP contribution in [0.5, 0.6) is 0 Å². The first-order valence-electron chi connectivity index (χ1n) is 3.07. The van der Waals surface area contributed by atoms with Crippen molar-refractivity contribution in [2.45, 2.75) is 19.3 Å². The molecule has 0 aromatic rings. The summed E-state index contributed by atoms with van der Waals surface area (Å²) < 4.78 is 0. The van der Waals surface area contributed by atoms with Gasteiger partial charge < -0.3 is 5.73 Å². The van der Waals surface area contributed by atoms with E-state index in [-0.39, 0.29) is 5.92 Å². The van der Waals surface area contributed by atoms with Crippen LogP contribution in [0.1, 0.15) is 19.3 Å². The van der Waals surface area contributed by atoms with Gasteiger partial charge in [-0.15, -0.1) is 0 Å². The van der Waals surface area contributed by atoms with Gasteiger partial charge in [0.1, 0.15) is 5.78 Å². The van der Waals surface area contributed by atoms with E-state index in [0.29, 0.717) is 12.3 Å². The highest BCUT2D eigenvalue weighted by molar-refractivity contribution is 5.82. The van der Waals surface area contributed by atoms with Gasteiger partial charge in [-0.1, -0.05) is 0 Å². The third-order valence-corrected chi connectivity index (χ3v) is 1.72. The highest BCUT2D eigenvalue weighted by Gasteiger charge is 2.21.